The number of thiazole rings is 1. The van der Waals surface area contributed by atoms with Crippen molar-refractivity contribution in [1.29, 1.82) is 0 Å². The molecule has 0 aliphatic heterocycles. The van der Waals surface area contributed by atoms with Gasteiger partial charge in [0.15, 0.2) is 5.13 Å². The van der Waals surface area contributed by atoms with Gasteiger partial charge in [-0.3, -0.25) is 4.79 Å². The Morgan fingerprint density at radius 2 is 2.12 bits per heavy atom. The number of benzene rings is 2. The predicted molar refractivity (Wildman–Crippen MR) is 96.7 cm³/mol. The maximum atomic E-state index is 13.0. The van der Waals surface area contributed by atoms with Gasteiger partial charge in [-0.2, -0.15) is 0 Å². The van der Waals surface area contributed by atoms with Crippen molar-refractivity contribution >= 4 is 32.6 Å². The average molecular weight is 356 g/mol. The number of nitrogens with one attached hydrogen (secondary N) is 1. The quantitative estimate of drug-likeness (QED) is 0.728. The number of rotatable bonds is 5. The molecule has 1 aliphatic carbocycles. The van der Waals surface area contributed by atoms with E-state index in [1.807, 2.05) is 25.1 Å². The summed E-state index contributed by atoms with van der Waals surface area (Å²) in [4.78, 5) is 16.9. The zero-order chi connectivity index (χ0) is 17.4. The van der Waals surface area contributed by atoms with Gasteiger partial charge in [0.1, 0.15) is 11.6 Å². The maximum Gasteiger partial charge on any atom is 0.229 e. The fraction of sp³-hybridized carbons (Fsp3) is 0.263. The second-order valence-corrected chi connectivity index (χ2v) is 7.10. The lowest BCUT2D eigenvalue weighted by atomic mass is 10.1. The lowest BCUT2D eigenvalue weighted by molar-refractivity contribution is -0.117. The van der Waals surface area contributed by atoms with Crippen LogP contribution in [0.5, 0.6) is 5.75 Å². The molecular formula is C19H17FN2O2S. The van der Waals surface area contributed by atoms with Crippen LogP contribution >= 0.6 is 11.3 Å². The zero-order valence-electron chi connectivity index (χ0n) is 13.7. The largest absolute Gasteiger partial charge is 0.494 e. The van der Waals surface area contributed by atoms with Crippen molar-refractivity contribution in [3.05, 3.63) is 53.8 Å². The highest BCUT2D eigenvalue weighted by Gasteiger charge is 2.44. The Hall–Kier alpha value is -2.47. The van der Waals surface area contributed by atoms with Gasteiger partial charge in [-0.1, -0.05) is 23.5 Å². The van der Waals surface area contributed by atoms with Gasteiger partial charge in [0.2, 0.25) is 5.91 Å². The minimum atomic E-state index is -0.258. The summed E-state index contributed by atoms with van der Waals surface area (Å²) >= 11 is 1.44. The molecule has 2 aromatic carbocycles. The Morgan fingerprint density at radius 3 is 2.88 bits per heavy atom. The average Bonchev–Trinajstić information content (AvgIpc) is 3.30. The standard InChI is InChI=1S/C19H17FN2O2S/c1-2-24-13-7-8-16-17(9-13)25-19(21-16)22-18(23)15-10-14(15)11-3-5-12(20)6-4-11/h3-9,14-15H,2,10H2,1H3,(H,21,22,23). The maximum absolute atomic E-state index is 13.0. The second-order valence-electron chi connectivity index (χ2n) is 6.07. The molecule has 1 heterocycles. The molecule has 6 heteroatoms. The van der Waals surface area contributed by atoms with Gasteiger partial charge in [0.05, 0.1) is 16.8 Å². The number of nitrogens with zero attached hydrogens (tertiary/aromatic N) is 1. The third-order valence-electron chi connectivity index (χ3n) is 4.33. The lowest BCUT2D eigenvalue weighted by Gasteiger charge is -2.01. The predicted octanol–water partition coefficient (Wildman–Crippen LogP) is 4.58. The Bertz CT molecular complexity index is 923. The molecule has 1 N–H and O–H groups in total. The Balaban J connectivity index is 1.44. The summed E-state index contributed by atoms with van der Waals surface area (Å²) in [6.07, 6.45) is 0.789. The van der Waals surface area contributed by atoms with E-state index < -0.39 is 0 Å². The van der Waals surface area contributed by atoms with Gasteiger partial charge in [-0.25, -0.2) is 9.37 Å². The number of anilines is 1. The Kier molecular flexibility index (Phi) is 4.13. The summed E-state index contributed by atoms with van der Waals surface area (Å²) in [5.74, 6) is 0.607. The van der Waals surface area contributed by atoms with E-state index >= 15 is 0 Å². The van der Waals surface area contributed by atoms with Crippen LogP contribution in [0.15, 0.2) is 42.5 Å². The van der Waals surface area contributed by atoms with E-state index in [4.69, 9.17) is 4.74 Å². The van der Waals surface area contributed by atoms with Gasteiger partial charge < -0.3 is 10.1 Å². The van der Waals surface area contributed by atoms with Gasteiger partial charge >= 0.3 is 0 Å². The molecule has 3 aromatic rings. The van der Waals surface area contributed by atoms with E-state index in [0.29, 0.717) is 11.7 Å². The van der Waals surface area contributed by atoms with Crippen molar-refractivity contribution in [1.82, 2.24) is 4.98 Å². The zero-order valence-corrected chi connectivity index (χ0v) is 14.5. The van der Waals surface area contributed by atoms with Crippen molar-refractivity contribution < 1.29 is 13.9 Å². The number of hydrogen-bond acceptors (Lipinski definition) is 4. The van der Waals surface area contributed by atoms with Crippen molar-refractivity contribution in [2.75, 3.05) is 11.9 Å². The van der Waals surface area contributed by atoms with Crippen LogP contribution in [0.2, 0.25) is 0 Å². The van der Waals surface area contributed by atoms with E-state index in [0.717, 1.165) is 28.0 Å². The highest BCUT2D eigenvalue weighted by Crippen LogP contribution is 2.48. The molecule has 2 unspecified atom stereocenters. The summed E-state index contributed by atoms with van der Waals surface area (Å²) in [6, 6.07) is 12.1. The molecule has 128 valence electrons. The first-order valence-corrected chi connectivity index (χ1v) is 9.05. The summed E-state index contributed by atoms with van der Waals surface area (Å²) in [5, 5.41) is 3.51. The van der Waals surface area contributed by atoms with Crippen molar-refractivity contribution in [2.24, 2.45) is 5.92 Å². The second kappa shape index (κ2) is 6.44. The van der Waals surface area contributed by atoms with Gasteiger partial charge in [0.25, 0.3) is 0 Å². The van der Waals surface area contributed by atoms with Crippen LogP contribution in [0, 0.1) is 11.7 Å². The number of fused-ring (bicyclic) bond motifs is 1. The molecule has 4 rings (SSSR count). The van der Waals surface area contributed by atoms with Crippen molar-refractivity contribution in [3.8, 4) is 5.75 Å². The molecule has 0 radical (unpaired) electrons. The molecule has 1 amide bonds. The summed E-state index contributed by atoms with van der Waals surface area (Å²) in [5.41, 5.74) is 1.85. The highest BCUT2D eigenvalue weighted by molar-refractivity contribution is 7.22. The third-order valence-corrected chi connectivity index (χ3v) is 5.26. The van der Waals surface area contributed by atoms with Gasteiger partial charge in [-0.15, -0.1) is 0 Å². The third kappa shape index (κ3) is 3.35. The first kappa shape index (κ1) is 16.0. The molecule has 0 saturated heterocycles. The van der Waals surface area contributed by atoms with Crippen LogP contribution < -0.4 is 10.1 Å². The fourth-order valence-electron chi connectivity index (χ4n) is 2.98. The van der Waals surface area contributed by atoms with Crippen LogP contribution in [0.3, 0.4) is 0 Å². The molecule has 25 heavy (non-hydrogen) atoms. The fourth-order valence-corrected chi connectivity index (χ4v) is 3.87. The number of halogens is 1. The van der Waals surface area contributed by atoms with E-state index in [-0.39, 0.29) is 23.6 Å². The normalized spacial score (nSPS) is 19.0. The molecule has 4 nitrogen and oxygen atoms in total. The lowest BCUT2D eigenvalue weighted by Crippen LogP contribution is -2.14. The Labute approximate surface area is 148 Å². The van der Waals surface area contributed by atoms with Gasteiger partial charge in [-0.05, 0) is 55.2 Å². The van der Waals surface area contributed by atoms with Gasteiger partial charge in [0, 0.05) is 5.92 Å². The SMILES string of the molecule is CCOc1ccc2nc(NC(=O)C3CC3c3ccc(F)cc3)sc2c1. The number of amides is 1. The molecule has 1 aliphatic rings. The molecule has 1 saturated carbocycles. The number of hydrogen-bond donors (Lipinski definition) is 1. The minimum Gasteiger partial charge on any atom is -0.494 e. The van der Waals surface area contributed by atoms with Crippen LogP contribution in [0.25, 0.3) is 10.2 Å². The number of carbonyl (C=O) groups excluding carboxylic acids is 1. The highest BCUT2D eigenvalue weighted by atomic mass is 32.1. The van der Waals surface area contributed by atoms with E-state index in [1.165, 1.54) is 23.5 Å². The van der Waals surface area contributed by atoms with E-state index in [2.05, 4.69) is 10.3 Å². The number of aromatic nitrogens is 1. The smallest absolute Gasteiger partial charge is 0.229 e. The van der Waals surface area contributed by atoms with E-state index in [1.54, 1.807) is 12.1 Å². The van der Waals surface area contributed by atoms with Crippen molar-refractivity contribution in [3.63, 3.8) is 0 Å². The summed E-state index contributed by atoms with van der Waals surface area (Å²) in [6.45, 7) is 2.55. The van der Waals surface area contributed by atoms with Crippen LogP contribution in [-0.2, 0) is 4.79 Å². The molecule has 2 atom stereocenters. The van der Waals surface area contributed by atoms with E-state index in [9.17, 15) is 9.18 Å². The first-order chi connectivity index (χ1) is 12.1. The summed E-state index contributed by atoms with van der Waals surface area (Å²) in [7, 11) is 0. The Morgan fingerprint density at radius 1 is 1.32 bits per heavy atom. The topological polar surface area (TPSA) is 51.2 Å². The first-order valence-electron chi connectivity index (χ1n) is 8.24. The van der Waals surface area contributed by atoms with Crippen LogP contribution in [-0.4, -0.2) is 17.5 Å². The monoisotopic (exact) mass is 356 g/mol. The number of carbonyl (C=O) groups is 1. The number of ether oxygens (including phenoxy) is 1. The molecule has 0 bridgehead atoms. The molecular weight excluding hydrogens is 339 g/mol. The summed E-state index contributed by atoms with van der Waals surface area (Å²) < 4.78 is 19.5. The molecule has 1 aromatic heterocycles. The molecule has 0 spiro atoms. The van der Waals surface area contributed by atoms with Crippen molar-refractivity contribution in [2.45, 2.75) is 19.3 Å². The van der Waals surface area contributed by atoms with Crippen LogP contribution in [0.4, 0.5) is 9.52 Å². The van der Waals surface area contributed by atoms with Crippen LogP contribution in [0.1, 0.15) is 24.8 Å². The molecule has 1 fully saturated rings. The minimum absolute atomic E-state index is 0.0292.